The smallest absolute Gasteiger partial charge is 0.244 e. The third kappa shape index (κ3) is 4.17. The molecule has 1 fully saturated rings. The molecule has 1 aromatic carbocycles. The first kappa shape index (κ1) is 15.8. The number of hydrogen-bond acceptors (Lipinski definition) is 4. The third-order valence-corrected chi connectivity index (χ3v) is 3.46. The summed E-state index contributed by atoms with van der Waals surface area (Å²) in [6.45, 7) is 4.50. The Labute approximate surface area is 128 Å². The molecule has 0 saturated carbocycles. The number of nitrogens with one attached hydrogen (secondary N) is 3. The van der Waals surface area contributed by atoms with Crippen molar-refractivity contribution in [3.05, 3.63) is 23.2 Å². The summed E-state index contributed by atoms with van der Waals surface area (Å²) in [6, 6.07) is 4.53. The number of carbonyl (C=O) groups is 2. The van der Waals surface area contributed by atoms with Crippen LogP contribution in [0.25, 0.3) is 0 Å². The van der Waals surface area contributed by atoms with E-state index in [0.29, 0.717) is 29.5 Å². The van der Waals surface area contributed by atoms with Crippen molar-refractivity contribution in [1.82, 2.24) is 5.32 Å². The number of carbonyl (C=O) groups excluding carboxylic acids is 2. The van der Waals surface area contributed by atoms with Gasteiger partial charge in [-0.25, -0.2) is 0 Å². The average Bonchev–Trinajstić information content (AvgIpc) is 2.42. The van der Waals surface area contributed by atoms with Gasteiger partial charge < -0.3 is 20.7 Å². The first-order valence-corrected chi connectivity index (χ1v) is 7.08. The van der Waals surface area contributed by atoms with Gasteiger partial charge in [-0.3, -0.25) is 9.59 Å². The molecule has 1 saturated heterocycles. The second-order valence-electron chi connectivity index (χ2n) is 4.87. The molecule has 0 radical (unpaired) electrons. The molecule has 0 bridgehead atoms. The fraction of sp³-hybridized carbons (Fsp3) is 0.429. The normalized spacial score (nSPS) is 21.7. The van der Waals surface area contributed by atoms with Crippen molar-refractivity contribution in [2.75, 3.05) is 23.8 Å². The molecule has 2 atom stereocenters. The van der Waals surface area contributed by atoms with Crippen LogP contribution in [0, 0.1) is 0 Å². The van der Waals surface area contributed by atoms with Crippen LogP contribution in [0.15, 0.2) is 18.2 Å². The quantitative estimate of drug-likeness (QED) is 0.792. The SMILES string of the molecule is CC(=O)Nc1ccc(NC(=O)[C@H]2NCCO[C@@H]2C)cc1Cl. The first-order chi connectivity index (χ1) is 9.97. The van der Waals surface area contributed by atoms with Crippen LogP contribution >= 0.6 is 11.6 Å². The maximum atomic E-state index is 12.2. The molecular weight excluding hydrogens is 294 g/mol. The minimum absolute atomic E-state index is 0.175. The highest BCUT2D eigenvalue weighted by atomic mass is 35.5. The molecule has 3 N–H and O–H groups in total. The van der Waals surface area contributed by atoms with Crippen LogP contribution in [0.2, 0.25) is 5.02 Å². The van der Waals surface area contributed by atoms with Crippen LogP contribution in [0.1, 0.15) is 13.8 Å². The van der Waals surface area contributed by atoms with Crippen molar-refractivity contribution in [3.63, 3.8) is 0 Å². The minimum Gasteiger partial charge on any atom is -0.375 e. The summed E-state index contributed by atoms with van der Waals surface area (Å²) in [5.41, 5.74) is 1.08. The Hall–Kier alpha value is -1.63. The van der Waals surface area contributed by atoms with Crippen LogP contribution in [0.5, 0.6) is 0 Å². The van der Waals surface area contributed by atoms with E-state index in [1.54, 1.807) is 18.2 Å². The third-order valence-electron chi connectivity index (χ3n) is 3.15. The lowest BCUT2D eigenvalue weighted by molar-refractivity contribution is -0.123. The van der Waals surface area contributed by atoms with E-state index in [1.807, 2.05) is 6.92 Å². The van der Waals surface area contributed by atoms with E-state index in [9.17, 15) is 9.59 Å². The van der Waals surface area contributed by atoms with E-state index < -0.39 is 6.04 Å². The summed E-state index contributed by atoms with van der Waals surface area (Å²) >= 11 is 6.07. The second-order valence-corrected chi connectivity index (χ2v) is 5.28. The zero-order valence-corrected chi connectivity index (χ0v) is 12.7. The summed E-state index contributed by atoms with van der Waals surface area (Å²) in [7, 11) is 0. The molecular formula is C14H18ClN3O3. The Bertz CT molecular complexity index is 550. The van der Waals surface area contributed by atoms with Gasteiger partial charge in [0.05, 0.1) is 23.4 Å². The molecule has 0 aliphatic carbocycles. The van der Waals surface area contributed by atoms with Crippen LogP contribution in [-0.4, -0.2) is 37.1 Å². The number of hydrogen-bond donors (Lipinski definition) is 3. The van der Waals surface area contributed by atoms with Gasteiger partial charge in [-0.2, -0.15) is 0 Å². The first-order valence-electron chi connectivity index (χ1n) is 6.70. The summed E-state index contributed by atoms with van der Waals surface area (Å²) in [4.78, 5) is 23.2. The lowest BCUT2D eigenvalue weighted by atomic mass is 10.1. The number of rotatable bonds is 3. The molecule has 0 unspecified atom stereocenters. The van der Waals surface area contributed by atoms with Crippen molar-refractivity contribution in [3.8, 4) is 0 Å². The zero-order chi connectivity index (χ0) is 15.4. The molecule has 2 amide bonds. The van der Waals surface area contributed by atoms with Gasteiger partial charge in [0, 0.05) is 19.2 Å². The van der Waals surface area contributed by atoms with Gasteiger partial charge in [0.15, 0.2) is 0 Å². The molecule has 1 heterocycles. The number of benzene rings is 1. The van der Waals surface area contributed by atoms with Crippen molar-refractivity contribution < 1.29 is 14.3 Å². The highest BCUT2D eigenvalue weighted by molar-refractivity contribution is 6.34. The molecule has 1 aliphatic rings. The van der Waals surface area contributed by atoms with Gasteiger partial charge >= 0.3 is 0 Å². The van der Waals surface area contributed by atoms with E-state index >= 15 is 0 Å². The second kappa shape index (κ2) is 6.89. The number of morpholine rings is 1. The molecule has 2 rings (SSSR count). The van der Waals surface area contributed by atoms with Crippen LogP contribution in [-0.2, 0) is 14.3 Å². The van der Waals surface area contributed by atoms with Crippen molar-refractivity contribution in [2.45, 2.75) is 26.0 Å². The topological polar surface area (TPSA) is 79.5 Å². The Morgan fingerprint density at radius 3 is 2.76 bits per heavy atom. The largest absolute Gasteiger partial charge is 0.375 e. The Balaban J connectivity index is 2.04. The van der Waals surface area contributed by atoms with Gasteiger partial charge in [-0.15, -0.1) is 0 Å². The summed E-state index contributed by atoms with van der Waals surface area (Å²) in [6.07, 6.45) is -0.187. The number of halogens is 1. The molecule has 1 aromatic rings. The van der Waals surface area contributed by atoms with E-state index in [2.05, 4.69) is 16.0 Å². The highest BCUT2D eigenvalue weighted by Crippen LogP contribution is 2.25. The van der Waals surface area contributed by atoms with Crippen molar-refractivity contribution in [2.24, 2.45) is 0 Å². The Morgan fingerprint density at radius 1 is 1.38 bits per heavy atom. The Kier molecular flexibility index (Phi) is 5.17. The maximum absolute atomic E-state index is 12.2. The van der Waals surface area contributed by atoms with Crippen LogP contribution in [0.4, 0.5) is 11.4 Å². The van der Waals surface area contributed by atoms with E-state index in [0.717, 1.165) is 0 Å². The molecule has 21 heavy (non-hydrogen) atoms. The minimum atomic E-state index is -0.396. The summed E-state index contributed by atoms with van der Waals surface area (Å²) < 4.78 is 5.44. The standard InChI is InChI=1S/C14H18ClN3O3/c1-8-13(16-5-6-21-8)14(20)18-10-3-4-12(11(15)7-10)17-9(2)19/h3-4,7-8,13,16H,5-6H2,1-2H3,(H,17,19)(H,18,20)/t8-,13+/m1/s1. The van der Waals surface area contributed by atoms with Gasteiger partial charge in [0.2, 0.25) is 11.8 Å². The Morgan fingerprint density at radius 2 is 2.14 bits per heavy atom. The number of anilines is 2. The van der Waals surface area contributed by atoms with Gasteiger partial charge in [0.25, 0.3) is 0 Å². The van der Waals surface area contributed by atoms with Crippen LogP contribution in [0.3, 0.4) is 0 Å². The molecule has 114 valence electrons. The summed E-state index contributed by atoms with van der Waals surface area (Å²) in [5.74, 6) is -0.378. The van der Waals surface area contributed by atoms with Crippen molar-refractivity contribution >= 4 is 34.8 Å². The summed E-state index contributed by atoms with van der Waals surface area (Å²) in [5, 5.41) is 8.87. The molecule has 6 nitrogen and oxygen atoms in total. The maximum Gasteiger partial charge on any atom is 0.244 e. The molecule has 0 spiro atoms. The predicted molar refractivity (Wildman–Crippen MR) is 81.6 cm³/mol. The van der Waals surface area contributed by atoms with Gasteiger partial charge in [0.1, 0.15) is 6.04 Å². The zero-order valence-electron chi connectivity index (χ0n) is 11.9. The van der Waals surface area contributed by atoms with E-state index in [-0.39, 0.29) is 17.9 Å². The van der Waals surface area contributed by atoms with Crippen molar-refractivity contribution in [1.29, 1.82) is 0 Å². The van der Waals surface area contributed by atoms with Gasteiger partial charge in [-0.1, -0.05) is 11.6 Å². The monoisotopic (exact) mass is 311 g/mol. The van der Waals surface area contributed by atoms with E-state index in [4.69, 9.17) is 16.3 Å². The molecule has 1 aliphatic heterocycles. The number of amides is 2. The lowest BCUT2D eigenvalue weighted by Gasteiger charge is -2.29. The van der Waals surface area contributed by atoms with E-state index in [1.165, 1.54) is 6.92 Å². The number of ether oxygens (including phenoxy) is 1. The highest BCUT2D eigenvalue weighted by Gasteiger charge is 2.28. The lowest BCUT2D eigenvalue weighted by Crippen LogP contribution is -2.53. The fourth-order valence-corrected chi connectivity index (χ4v) is 2.36. The predicted octanol–water partition coefficient (Wildman–Crippen LogP) is 1.61. The molecule has 0 aromatic heterocycles. The molecule has 7 heteroatoms. The van der Waals surface area contributed by atoms with Crippen LogP contribution < -0.4 is 16.0 Å². The fourth-order valence-electron chi connectivity index (χ4n) is 2.13. The van der Waals surface area contributed by atoms with Gasteiger partial charge in [-0.05, 0) is 25.1 Å². The average molecular weight is 312 g/mol.